The molecule has 1 N–H and O–H groups in total. The van der Waals surface area contributed by atoms with Crippen LogP contribution in [-0.2, 0) is 26.1 Å². The van der Waals surface area contributed by atoms with Crippen LogP contribution < -0.4 is 5.32 Å². The largest absolute Gasteiger partial charge is 0.381 e. The van der Waals surface area contributed by atoms with Gasteiger partial charge in [0.25, 0.3) is 0 Å². The number of benzene rings is 1. The Labute approximate surface area is 177 Å². The minimum atomic E-state index is -3.65. The highest BCUT2D eigenvalue weighted by Gasteiger charge is 2.34. The molecule has 3 heterocycles. The van der Waals surface area contributed by atoms with Gasteiger partial charge in [-0.15, -0.1) is 0 Å². The molecule has 0 spiro atoms. The lowest BCUT2D eigenvalue weighted by molar-refractivity contribution is -0.122. The lowest BCUT2D eigenvalue weighted by Gasteiger charge is -2.33. The Morgan fingerprint density at radius 3 is 2.67 bits per heavy atom. The number of carbonyl (C=O) groups excluding carboxylic acids is 1. The van der Waals surface area contributed by atoms with E-state index >= 15 is 0 Å². The Kier molecular flexibility index (Phi) is 6.21. The normalized spacial score (nSPS) is 20.6. The number of nitrogens with one attached hydrogen (secondary N) is 1. The molecule has 0 bridgehead atoms. The Balaban J connectivity index is 1.45. The van der Waals surface area contributed by atoms with E-state index in [0.717, 1.165) is 37.3 Å². The van der Waals surface area contributed by atoms with E-state index in [1.165, 1.54) is 4.31 Å². The number of amides is 1. The number of hydrogen-bond donors (Lipinski definition) is 1. The van der Waals surface area contributed by atoms with E-state index in [1.807, 2.05) is 13.0 Å². The molecule has 2 aromatic rings. The Morgan fingerprint density at radius 1 is 1.20 bits per heavy atom. The minimum absolute atomic E-state index is 0.0810. The van der Waals surface area contributed by atoms with Crippen LogP contribution in [0.5, 0.6) is 0 Å². The van der Waals surface area contributed by atoms with E-state index in [9.17, 15) is 13.2 Å². The molecule has 0 radical (unpaired) electrons. The van der Waals surface area contributed by atoms with E-state index in [4.69, 9.17) is 4.74 Å². The average molecular weight is 433 g/mol. The Morgan fingerprint density at radius 2 is 1.93 bits per heavy atom. The Hall–Kier alpha value is -2.23. The second-order valence-corrected chi connectivity index (χ2v) is 10.0. The fourth-order valence-electron chi connectivity index (χ4n) is 4.04. The molecule has 162 valence electrons. The van der Waals surface area contributed by atoms with Crippen molar-refractivity contribution in [3.8, 4) is 0 Å². The summed E-state index contributed by atoms with van der Waals surface area (Å²) in [5.41, 5.74) is 1.80. The second-order valence-electron chi connectivity index (χ2n) is 8.10. The third-order valence-electron chi connectivity index (χ3n) is 5.86. The molecule has 0 aliphatic carbocycles. The first kappa shape index (κ1) is 21.0. The summed E-state index contributed by atoms with van der Waals surface area (Å²) in [6.45, 7) is 4.50. The van der Waals surface area contributed by atoms with Crippen LogP contribution in [0.15, 0.2) is 41.4 Å². The third-order valence-corrected chi connectivity index (χ3v) is 7.69. The fraction of sp³-hybridized carbons (Fsp3) is 0.524. The molecule has 1 amide bonds. The molecule has 1 saturated heterocycles. The zero-order valence-corrected chi connectivity index (χ0v) is 18.0. The summed E-state index contributed by atoms with van der Waals surface area (Å²) < 4.78 is 34.9. The summed E-state index contributed by atoms with van der Waals surface area (Å²) in [6, 6.07) is 8.32. The quantitative estimate of drug-likeness (QED) is 0.752. The van der Waals surface area contributed by atoms with E-state index in [0.29, 0.717) is 12.5 Å². The molecule has 1 aromatic heterocycles. The molecule has 4 rings (SSSR count). The number of nitrogens with zero attached hydrogens (tertiary/aromatic N) is 3. The number of aryl methyl sites for hydroxylation is 1. The van der Waals surface area contributed by atoms with Crippen molar-refractivity contribution in [2.75, 3.05) is 26.3 Å². The number of ether oxygens (including phenoxy) is 1. The first-order chi connectivity index (χ1) is 14.4. The maximum Gasteiger partial charge on any atom is 0.243 e. The fourth-order valence-corrected chi connectivity index (χ4v) is 5.49. The summed E-state index contributed by atoms with van der Waals surface area (Å²) >= 11 is 0. The van der Waals surface area contributed by atoms with Gasteiger partial charge in [-0.25, -0.2) is 8.42 Å². The van der Waals surface area contributed by atoms with Gasteiger partial charge in [0.15, 0.2) is 0 Å². The topological polar surface area (TPSA) is 93.5 Å². The summed E-state index contributed by atoms with van der Waals surface area (Å²) in [4.78, 5) is 12.9. The van der Waals surface area contributed by atoms with Crippen molar-refractivity contribution >= 4 is 15.9 Å². The lowest BCUT2D eigenvalue weighted by atomic mass is 10.0. The standard InChI is InChI=1S/C21H28N4O4S/c1-16-2-4-20(5-3-16)30(27,28)24-14-18-6-9-23-25(18)19(15-24)12-21(26)22-13-17-7-10-29-11-8-17/h2-6,9,17,19H,7-8,10-15H2,1H3,(H,22,26)/t19-/m1/s1. The van der Waals surface area contributed by atoms with Gasteiger partial charge in [0.2, 0.25) is 15.9 Å². The van der Waals surface area contributed by atoms with Crippen LogP contribution in [0.1, 0.15) is 36.6 Å². The van der Waals surface area contributed by atoms with E-state index < -0.39 is 10.0 Å². The number of carbonyl (C=O) groups is 1. The van der Waals surface area contributed by atoms with E-state index in [-0.39, 0.29) is 36.4 Å². The first-order valence-corrected chi connectivity index (χ1v) is 11.8. The molecular weight excluding hydrogens is 404 g/mol. The predicted octanol–water partition coefficient (Wildman–Crippen LogP) is 1.87. The molecule has 1 fully saturated rings. The number of aromatic nitrogens is 2. The molecule has 0 saturated carbocycles. The van der Waals surface area contributed by atoms with E-state index in [2.05, 4.69) is 10.4 Å². The average Bonchev–Trinajstić information content (AvgIpc) is 3.22. The van der Waals surface area contributed by atoms with Gasteiger partial charge < -0.3 is 10.1 Å². The van der Waals surface area contributed by atoms with Crippen LogP contribution in [-0.4, -0.2) is 54.7 Å². The molecule has 8 nitrogen and oxygen atoms in total. The van der Waals surface area contributed by atoms with Crippen LogP contribution in [0.2, 0.25) is 0 Å². The van der Waals surface area contributed by atoms with Crippen LogP contribution >= 0.6 is 0 Å². The minimum Gasteiger partial charge on any atom is -0.381 e. The van der Waals surface area contributed by atoms with Gasteiger partial charge in [0.1, 0.15) is 0 Å². The van der Waals surface area contributed by atoms with Crippen LogP contribution in [0.3, 0.4) is 0 Å². The van der Waals surface area contributed by atoms with Gasteiger partial charge in [-0.05, 0) is 43.9 Å². The SMILES string of the molecule is Cc1ccc(S(=O)(=O)N2Cc3ccnn3[C@H](CC(=O)NCC3CCOCC3)C2)cc1. The van der Waals surface area contributed by atoms with Gasteiger partial charge in [-0.2, -0.15) is 9.40 Å². The highest BCUT2D eigenvalue weighted by molar-refractivity contribution is 7.89. The first-order valence-electron chi connectivity index (χ1n) is 10.4. The monoisotopic (exact) mass is 432 g/mol. The maximum atomic E-state index is 13.2. The molecule has 2 aliphatic rings. The van der Waals surface area contributed by atoms with Gasteiger partial charge in [0, 0.05) is 32.5 Å². The second kappa shape index (κ2) is 8.87. The predicted molar refractivity (Wildman–Crippen MR) is 111 cm³/mol. The molecule has 9 heteroatoms. The maximum absolute atomic E-state index is 13.2. The molecule has 1 aromatic carbocycles. The van der Waals surface area contributed by atoms with E-state index in [1.54, 1.807) is 35.1 Å². The number of hydrogen-bond acceptors (Lipinski definition) is 5. The molecule has 1 atom stereocenters. The number of rotatable bonds is 6. The molecule has 0 unspecified atom stereocenters. The summed E-state index contributed by atoms with van der Waals surface area (Å²) in [7, 11) is -3.65. The third kappa shape index (κ3) is 4.58. The van der Waals surface area contributed by atoms with Gasteiger partial charge in [-0.1, -0.05) is 17.7 Å². The van der Waals surface area contributed by atoms with Gasteiger partial charge >= 0.3 is 0 Å². The zero-order chi connectivity index (χ0) is 21.1. The van der Waals surface area contributed by atoms with Crippen molar-refractivity contribution in [1.82, 2.24) is 19.4 Å². The summed E-state index contributed by atoms with van der Waals surface area (Å²) in [5.74, 6) is 0.357. The van der Waals surface area contributed by atoms with Crippen molar-refractivity contribution in [1.29, 1.82) is 0 Å². The van der Waals surface area contributed by atoms with Crippen molar-refractivity contribution in [2.45, 2.75) is 43.7 Å². The summed E-state index contributed by atoms with van der Waals surface area (Å²) in [6.07, 6.45) is 3.76. The highest BCUT2D eigenvalue weighted by Crippen LogP contribution is 2.28. The summed E-state index contributed by atoms with van der Waals surface area (Å²) in [5, 5.41) is 7.35. The molecule has 30 heavy (non-hydrogen) atoms. The number of fused-ring (bicyclic) bond motifs is 1. The van der Waals surface area contributed by atoms with Crippen molar-refractivity contribution in [3.63, 3.8) is 0 Å². The lowest BCUT2D eigenvalue weighted by Crippen LogP contribution is -2.43. The Bertz CT molecular complexity index is 981. The molecular formula is C21H28N4O4S. The molecule has 2 aliphatic heterocycles. The van der Waals surface area contributed by atoms with Crippen molar-refractivity contribution in [2.24, 2.45) is 5.92 Å². The van der Waals surface area contributed by atoms with Crippen LogP contribution in [0.4, 0.5) is 0 Å². The van der Waals surface area contributed by atoms with Gasteiger partial charge in [-0.3, -0.25) is 9.48 Å². The highest BCUT2D eigenvalue weighted by atomic mass is 32.2. The van der Waals surface area contributed by atoms with Crippen molar-refractivity contribution < 1.29 is 17.9 Å². The smallest absolute Gasteiger partial charge is 0.243 e. The van der Waals surface area contributed by atoms with Crippen molar-refractivity contribution in [3.05, 3.63) is 47.8 Å². The van der Waals surface area contributed by atoms with Crippen LogP contribution in [0.25, 0.3) is 0 Å². The zero-order valence-electron chi connectivity index (χ0n) is 17.2. The van der Waals surface area contributed by atoms with Crippen LogP contribution in [0, 0.1) is 12.8 Å². The van der Waals surface area contributed by atoms with Gasteiger partial charge in [0.05, 0.1) is 29.6 Å². The number of sulfonamides is 1.